The molecular formula is C16H19NOS. The Morgan fingerprint density at radius 3 is 3.05 bits per heavy atom. The van der Waals surface area contributed by atoms with Crippen LogP contribution in [-0.4, -0.2) is 5.11 Å². The van der Waals surface area contributed by atoms with Gasteiger partial charge in [-0.05, 0) is 71.3 Å². The highest BCUT2D eigenvalue weighted by Crippen LogP contribution is 2.32. The van der Waals surface area contributed by atoms with E-state index in [4.69, 9.17) is 0 Å². The molecule has 0 amide bonds. The Bertz CT molecular complexity index is 576. The second kappa shape index (κ2) is 5.35. The first-order valence-electron chi connectivity index (χ1n) is 6.81. The fourth-order valence-electron chi connectivity index (χ4n) is 2.81. The van der Waals surface area contributed by atoms with Crippen molar-refractivity contribution in [1.82, 2.24) is 5.32 Å². The van der Waals surface area contributed by atoms with Crippen molar-refractivity contribution in [3.05, 3.63) is 51.2 Å². The van der Waals surface area contributed by atoms with E-state index in [-0.39, 0.29) is 0 Å². The maximum absolute atomic E-state index is 9.57. The van der Waals surface area contributed by atoms with Crippen LogP contribution in [-0.2, 0) is 13.0 Å². The molecule has 1 aromatic heterocycles. The smallest absolute Gasteiger partial charge is 0.115 e. The highest BCUT2D eigenvalue weighted by Gasteiger charge is 2.20. The van der Waals surface area contributed by atoms with Crippen molar-refractivity contribution in [2.24, 2.45) is 0 Å². The van der Waals surface area contributed by atoms with Crippen molar-refractivity contribution >= 4 is 11.3 Å². The molecule has 0 bridgehead atoms. The van der Waals surface area contributed by atoms with E-state index in [0.29, 0.717) is 11.8 Å². The molecular weight excluding hydrogens is 254 g/mol. The highest BCUT2D eigenvalue weighted by atomic mass is 32.1. The zero-order chi connectivity index (χ0) is 13.2. The molecule has 1 aliphatic carbocycles. The molecule has 1 aliphatic rings. The Morgan fingerprint density at radius 2 is 2.26 bits per heavy atom. The van der Waals surface area contributed by atoms with Gasteiger partial charge in [0.05, 0.1) is 0 Å². The van der Waals surface area contributed by atoms with Crippen LogP contribution in [0.2, 0.25) is 0 Å². The summed E-state index contributed by atoms with van der Waals surface area (Å²) in [6.45, 7) is 3.10. The largest absolute Gasteiger partial charge is 0.508 e. The summed E-state index contributed by atoms with van der Waals surface area (Å²) >= 11 is 1.77. The molecule has 2 nitrogen and oxygen atoms in total. The number of hydrogen-bond donors (Lipinski definition) is 2. The van der Waals surface area contributed by atoms with Gasteiger partial charge in [-0.25, -0.2) is 0 Å². The van der Waals surface area contributed by atoms with Gasteiger partial charge in [0.15, 0.2) is 0 Å². The van der Waals surface area contributed by atoms with Gasteiger partial charge >= 0.3 is 0 Å². The maximum atomic E-state index is 9.57. The number of rotatable bonds is 3. The SMILES string of the molecule is Cc1cscc1CNC1CCCc2cc(O)ccc21. The molecule has 3 heteroatoms. The quantitative estimate of drug-likeness (QED) is 0.888. The minimum Gasteiger partial charge on any atom is -0.508 e. The number of aromatic hydroxyl groups is 1. The highest BCUT2D eigenvalue weighted by molar-refractivity contribution is 7.08. The number of hydrogen-bond acceptors (Lipinski definition) is 3. The van der Waals surface area contributed by atoms with E-state index >= 15 is 0 Å². The number of nitrogens with one attached hydrogen (secondary N) is 1. The van der Waals surface area contributed by atoms with E-state index in [1.165, 1.54) is 35.1 Å². The minimum atomic E-state index is 0.382. The fourth-order valence-corrected chi connectivity index (χ4v) is 3.67. The monoisotopic (exact) mass is 273 g/mol. The van der Waals surface area contributed by atoms with Crippen LogP contribution in [0, 0.1) is 6.92 Å². The minimum absolute atomic E-state index is 0.382. The number of thiophene rings is 1. The first-order valence-corrected chi connectivity index (χ1v) is 7.75. The second-order valence-electron chi connectivity index (χ2n) is 5.29. The average Bonchev–Trinajstić information content (AvgIpc) is 2.81. The molecule has 0 radical (unpaired) electrons. The predicted molar refractivity (Wildman–Crippen MR) is 79.7 cm³/mol. The van der Waals surface area contributed by atoms with E-state index < -0.39 is 0 Å². The van der Waals surface area contributed by atoms with Crippen LogP contribution in [0.25, 0.3) is 0 Å². The molecule has 0 saturated carbocycles. The van der Waals surface area contributed by atoms with Gasteiger partial charge in [-0.1, -0.05) is 6.07 Å². The van der Waals surface area contributed by atoms with Gasteiger partial charge in [0.1, 0.15) is 5.75 Å². The normalized spacial score (nSPS) is 18.3. The summed E-state index contributed by atoms with van der Waals surface area (Å²) in [4.78, 5) is 0. The molecule has 0 saturated heterocycles. The van der Waals surface area contributed by atoms with Crippen LogP contribution in [0.15, 0.2) is 29.0 Å². The van der Waals surface area contributed by atoms with E-state index in [1.807, 2.05) is 6.07 Å². The number of fused-ring (bicyclic) bond motifs is 1. The van der Waals surface area contributed by atoms with Crippen molar-refractivity contribution in [1.29, 1.82) is 0 Å². The maximum Gasteiger partial charge on any atom is 0.115 e. The standard InChI is InChI=1S/C16H19NOS/c1-11-9-19-10-13(11)8-17-16-4-2-3-12-7-14(18)5-6-15(12)16/h5-7,9-10,16-18H,2-4,8H2,1H3. The van der Waals surface area contributed by atoms with Gasteiger partial charge in [-0.3, -0.25) is 0 Å². The van der Waals surface area contributed by atoms with Crippen LogP contribution in [0.5, 0.6) is 5.75 Å². The van der Waals surface area contributed by atoms with E-state index in [1.54, 1.807) is 17.4 Å². The molecule has 1 atom stereocenters. The van der Waals surface area contributed by atoms with Gasteiger partial charge < -0.3 is 10.4 Å². The summed E-state index contributed by atoms with van der Waals surface area (Å²) < 4.78 is 0. The number of phenolic OH excluding ortho intramolecular Hbond substituents is 1. The summed E-state index contributed by atoms with van der Waals surface area (Å²) in [6.07, 6.45) is 3.46. The number of benzene rings is 1. The predicted octanol–water partition coefficient (Wildman–Crippen LogP) is 3.93. The third kappa shape index (κ3) is 2.67. The molecule has 1 unspecified atom stereocenters. The summed E-state index contributed by atoms with van der Waals surface area (Å²) in [6, 6.07) is 6.21. The van der Waals surface area contributed by atoms with Crippen LogP contribution in [0.4, 0.5) is 0 Å². The summed E-state index contributed by atoms with van der Waals surface area (Å²) in [7, 11) is 0. The van der Waals surface area contributed by atoms with Crippen molar-refractivity contribution < 1.29 is 5.11 Å². The van der Waals surface area contributed by atoms with Crippen LogP contribution < -0.4 is 5.32 Å². The van der Waals surface area contributed by atoms with Gasteiger partial charge in [-0.15, -0.1) is 0 Å². The summed E-state index contributed by atoms with van der Waals surface area (Å²) in [5.41, 5.74) is 5.43. The second-order valence-corrected chi connectivity index (χ2v) is 6.03. The van der Waals surface area contributed by atoms with Crippen molar-refractivity contribution in [2.45, 2.75) is 38.8 Å². The molecule has 2 N–H and O–H groups in total. The topological polar surface area (TPSA) is 32.3 Å². The van der Waals surface area contributed by atoms with E-state index in [9.17, 15) is 5.11 Å². The molecule has 19 heavy (non-hydrogen) atoms. The molecule has 0 aliphatic heterocycles. The Labute approximate surface area is 118 Å². The fraction of sp³-hybridized carbons (Fsp3) is 0.375. The molecule has 1 heterocycles. The third-order valence-corrected chi connectivity index (χ3v) is 4.85. The van der Waals surface area contributed by atoms with Crippen LogP contribution in [0.3, 0.4) is 0 Å². The Balaban J connectivity index is 1.75. The lowest BCUT2D eigenvalue weighted by molar-refractivity contribution is 0.449. The Kier molecular flexibility index (Phi) is 3.58. The van der Waals surface area contributed by atoms with Crippen molar-refractivity contribution in [3.63, 3.8) is 0 Å². The Morgan fingerprint density at radius 1 is 1.37 bits per heavy atom. The van der Waals surface area contributed by atoms with E-state index in [2.05, 4.69) is 29.1 Å². The van der Waals surface area contributed by atoms with Crippen LogP contribution in [0.1, 0.15) is 41.1 Å². The zero-order valence-corrected chi connectivity index (χ0v) is 12.0. The van der Waals surface area contributed by atoms with Crippen molar-refractivity contribution in [2.75, 3.05) is 0 Å². The van der Waals surface area contributed by atoms with Crippen LogP contribution >= 0.6 is 11.3 Å². The summed E-state index contributed by atoms with van der Waals surface area (Å²) in [5.74, 6) is 0.382. The van der Waals surface area contributed by atoms with Gasteiger partial charge in [0.2, 0.25) is 0 Å². The summed E-state index contributed by atoms with van der Waals surface area (Å²) in [5, 5.41) is 17.7. The first kappa shape index (κ1) is 12.7. The van der Waals surface area contributed by atoms with E-state index in [0.717, 1.165) is 13.0 Å². The molecule has 0 fully saturated rings. The lowest BCUT2D eigenvalue weighted by atomic mass is 9.87. The zero-order valence-electron chi connectivity index (χ0n) is 11.1. The third-order valence-electron chi connectivity index (χ3n) is 3.94. The molecule has 2 aromatic rings. The number of phenols is 1. The molecule has 0 spiro atoms. The van der Waals surface area contributed by atoms with Gasteiger partial charge in [0.25, 0.3) is 0 Å². The first-order chi connectivity index (χ1) is 9.24. The lowest BCUT2D eigenvalue weighted by Gasteiger charge is -2.26. The van der Waals surface area contributed by atoms with Gasteiger partial charge in [0, 0.05) is 12.6 Å². The van der Waals surface area contributed by atoms with Crippen molar-refractivity contribution in [3.8, 4) is 5.75 Å². The molecule has 100 valence electrons. The number of aryl methyl sites for hydroxylation is 2. The lowest BCUT2D eigenvalue weighted by Crippen LogP contribution is -2.24. The molecule has 1 aromatic carbocycles. The van der Waals surface area contributed by atoms with Gasteiger partial charge in [-0.2, -0.15) is 11.3 Å². The average molecular weight is 273 g/mol. The Hall–Kier alpha value is -1.32. The molecule has 3 rings (SSSR count).